The predicted octanol–water partition coefficient (Wildman–Crippen LogP) is 6.31. The number of alkyl halides is 3. The van der Waals surface area contributed by atoms with Crippen molar-refractivity contribution in [1.82, 2.24) is 14.7 Å². The van der Waals surface area contributed by atoms with Gasteiger partial charge in [0, 0.05) is 6.61 Å². The molecule has 218 valence electrons. The molecule has 0 bridgehead atoms. The number of carboxylic acid groups (broad SMARTS) is 1. The summed E-state index contributed by atoms with van der Waals surface area (Å²) in [6.07, 6.45) is -2.18. The maximum absolute atomic E-state index is 14.5. The van der Waals surface area contributed by atoms with Crippen LogP contribution in [0.1, 0.15) is 84.8 Å². The normalized spacial score (nSPS) is 25.1. The zero-order valence-corrected chi connectivity index (χ0v) is 23.6. The summed E-state index contributed by atoms with van der Waals surface area (Å²) in [4.78, 5) is 39.7. The summed E-state index contributed by atoms with van der Waals surface area (Å²) in [5.74, 6) is -2.66. The fraction of sp³-hybridized carbons (Fsp3) is 0.556. The Kier molecular flexibility index (Phi) is 8.59. The van der Waals surface area contributed by atoms with E-state index in [-0.39, 0.29) is 47.8 Å². The monoisotopic (exact) mass is 603 g/mol. The van der Waals surface area contributed by atoms with E-state index in [4.69, 9.17) is 27.9 Å². The number of hydrogen-bond donors (Lipinski definition) is 1. The highest BCUT2D eigenvalue weighted by Crippen LogP contribution is 2.43. The summed E-state index contributed by atoms with van der Waals surface area (Å²) >= 11 is 12.4. The van der Waals surface area contributed by atoms with Crippen LogP contribution in [0, 0.1) is 5.41 Å². The molecule has 2 fully saturated rings. The topological polar surface area (TPSA) is 102 Å². The summed E-state index contributed by atoms with van der Waals surface area (Å²) < 4.78 is 50.0. The number of aromatic nitrogens is 2. The zero-order valence-electron chi connectivity index (χ0n) is 22.1. The molecule has 2 aromatic rings. The van der Waals surface area contributed by atoms with Gasteiger partial charge >= 0.3 is 12.1 Å². The minimum absolute atomic E-state index is 0.0310. The highest BCUT2D eigenvalue weighted by molar-refractivity contribution is 6.40. The van der Waals surface area contributed by atoms with Crippen LogP contribution >= 0.6 is 23.2 Å². The van der Waals surface area contributed by atoms with Crippen LogP contribution in [0.2, 0.25) is 10.0 Å². The number of ketones is 1. The van der Waals surface area contributed by atoms with Gasteiger partial charge < -0.3 is 14.7 Å². The van der Waals surface area contributed by atoms with E-state index in [0.29, 0.717) is 19.4 Å². The minimum atomic E-state index is -4.94. The Morgan fingerprint density at radius 2 is 1.77 bits per heavy atom. The molecule has 0 spiro atoms. The number of carbonyl (C=O) groups is 3. The average molecular weight is 604 g/mol. The molecular weight excluding hydrogens is 574 g/mol. The third-order valence-corrected chi connectivity index (χ3v) is 8.53. The summed E-state index contributed by atoms with van der Waals surface area (Å²) in [6.45, 7) is 3.01. The first-order valence-corrected chi connectivity index (χ1v) is 13.7. The van der Waals surface area contributed by atoms with Gasteiger partial charge in [-0.25, -0.2) is 0 Å². The van der Waals surface area contributed by atoms with Crippen LogP contribution in [-0.4, -0.2) is 62.7 Å². The van der Waals surface area contributed by atoms with E-state index in [1.54, 1.807) is 19.9 Å². The second-order valence-electron chi connectivity index (χ2n) is 11.0. The van der Waals surface area contributed by atoms with E-state index in [9.17, 15) is 32.7 Å². The molecule has 1 atom stereocenters. The Bertz CT molecular complexity index is 1280. The molecule has 2 aliphatic rings. The number of rotatable bonds is 8. The molecule has 0 radical (unpaired) electrons. The van der Waals surface area contributed by atoms with Crippen molar-refractivity contribution in [2.75, 3.05) is 19.7 Å². The predicted molar refractivity (Wildman–Crippen MR) is 141 cm³/mol. The van der Waals surface area contributed by atoms with Crippen molar-refractivity contribution >= 4 is 40.9 Å². The van der Waals surface area contributed by atoms with Gasteiger partial charge in [-0.3, -0.25) is 19.1 Å². The number of benzene rings is 1. The lowest BCUT2D eigenvalue weighted by molar-refractivity contribution is -0.152. The Hall–Kier alpha value is -2.63. The summed E-state index contributed by atoms with van der Waals surface area (Å²) in [6, 6.07) is 3.73. The first-order chi connectivity index (χ1) is 18.7. The van der Waals surface area contributed by atoms with Crippen LogP contribution in [0.15, 0.2) is 24.4 Å². The van der Waals surface area contributed by atoms with E-state index in [2.05, 4.69) is 5.10 Å². The molecule has 1 aromatic heterocycles. The van der Waals surface area contributed by atoms with E-state index in [0.717, 1.165) is 15.8 Å². The number of ether oxygens (including phenoxy) is 1. The van der Waals surface area contributed by atoms with Gasteiger partial charge in [0.05, 0.1) is 57.5 Å². The van der Waals surface area contributed by atoms with Gasteiger partial charge in [0.2, 0.25) is 0 Å². The number of halogens is 5. The zero-order chi connectivity index (χ0) is 29.5. The van der Waals surface area contributed by atoms with Crippen LogP contribution in [0.25, 0.3) is 0 Å². The molecule has 1 aliphatic heterocycles. The van der Waals surface area contributed by atoms with E-state index in [1.807, 2.05) is 0 Å². The Morgan fingerprint density at radius 3 is 2.30 bits per heavy atom. The van der Waals surface area contributed by atoms with Crippen molar-refractivity contribution in [1.29, 1.82) is 0 Å². The van der Waals surface area contributed by atoms with Crippen molar-refractivity contribution in [3.63, 3.8) is 0 Å². The van der Waals surface area contributed by atoms with Crippen molar-refractivity contribution in [3.05, 3.63) is 51.3 Å². The van der Waals surface area contributed by atoms with Crippen LogP contribution < -0.4 is 0 Å². The molecule has 1 N–H and O–H groups in total. The minimum Gasteiger partial charge on any atom is -0.481 e. The van der Waals surface area contributed by atoms with Gasteiger partial charge in [0.15, 0.2) is 11.5 Å². The van der Waals surface area contributed by atoms with Crippen molar-refractivity contribution in [3.8, 4) is 0 Å². The molecule has 1 amide bonds. The van der Waals surface area contributed by atoms with Crippen LogP contribution in [0.3, 0.4) is 0 Å². The molecule has 40 heavy (non-hydrogen) atoms. The lowest BCUT2D eigenvalue weighted by Crippen LogP contribution is -2.46. The van der Waals surface area contributed by atoms with Gasteiger partial charge in [-0.2, -0.15) is 18.3 Å². The number of carbonyl (C=O) groups excluding carboxylic acids is 2. The number of hydrogen-bond acceptors (Lipinski definition) is 5. The molecule has 2 heterocycles. The van der Waals surface area contributed by atoms with Gasteiger partial charge in [-0.1, -0.05) is 29.3 Å². The highest BCUT2D eigenvalue weighted by atomic mass is 35.5. The Labute approximate surface area is 239 Å². The maximum atomic E-state index is 14.5. The standard InChI is InChI=1S/C27H30Cl2F3N3O5/c1-25(24(38)39)10-7-16(8-11-25)35-22(27(30,31)32)17(13-33-35)23(37)34(15-26(2)9-4-12-40-26)14-20(36)21-18(28)5-3-6-19(21)29/h3,5-6,13,16H,4,7-12,14-15H2,1-2H3,(H,38,39)/t16?,25?,26-/m1/s1. The fourth-order valence-corrected chi connectivity index (χ4v) is 6.14. The van der Waals surface area contributed by atoms with Gasteiger partial charge in [-0.05, 0) is 64.5 Å². The number of Topliss-reactive ketones (excluding diaryl/α,β-unsaturated/α-hetero) is 1. The average Bonchev–Trinajstić information content (AvgIpc) is 3.50. The molecule has 13 heteroatoms. The quantitative estimate of drug-likeness (QED) is 0.355. The van der Waals surface area contributed by atoms with Gasteiger partial charge in [0.25, 0.3) is 5.91 Å². The van der Waals surface area contributed by atoms with Crippen LogP contribution in [0.4, 0.5) is 13.2 Å². The third-order valence-electron chi connectivity index (χ3n) is 7.90. The lowest BCUT2D eigenvalue weighted by Gasteiger charge is -2.35. The molecule has 0 unspecified atom stereocenters. The van der Waals surface area contributed by atoms with Crippen molar-refractivity contribution in [2.45, 2.75) is 70.2 Å². The summed E-state index contributed by atoms with van der Waals surface area (Å²) in [5, 5.41) is 13.6. The molecule has 1 aliphatic carbocycles. The smallest absolute Gasteiger partial charge is 0.433 e. The van der Waals surface area contributed by atoms with Crippen LogP contribution in [0.5, 0.6) is 0 Å². The molecule has 1 saturated heterocycles. The first-order valence-electron chi connectivity index (χ1n) is 12.9. The van der Waals surface area contributed by atoms with Gasteiger partial charge in [-0.15, -0.1) is 0 Å². The van der Waals surface area contributed by atoms with Crippen molar-refractivity contribution in [2.24, 2.45) is 5.41 Å². The first kappa shape index (κ1) is 30.3. The number of aliphatic carboxylic acids is 1. The Balaban J connectivity index is 1.69. The van der Waals surface area contributed by atoms with E-state index in [1.165, 1.54) is 12.1 Å². The second kappa shape index (κ2) is 11.3. The molecule has 1 aromatic carbocycles. The SMILES string of the molecule is CC1(C(=O)O)CCC(n2ncc(C(=O)N(CC(=O)c3c(Cl)cccc3Cl)C[C@@]3(C)CCCO3)c2C(F)(F)F)CC1. The lowest BCUT2D eigenvalue weighted by atomic mass is 9.74. The number of carboxylic acids is 1. The third kappa shape index (κ3) is 6.16. The summed E-state index contributed by atoms with van der Waals surface area (Å²) in [7, 11) is 0. The molecule has 1 saturated carbocycles. The summed E-state index contributed by atoms with van der Waals surface area (Å²) in [5.41, 5.74) is -3.85. The maximum Gasteiger partial charge on any atom is 0.433 e. The van der Waals surface area contributed by atoms with E-state index < -0.39 is 58.7 Å². The van der Waals surface area contributed by atoms with E-state index >= 15 is 0 Å². The second-order valence-corrected chi connectivity index (χ2v) is 11.8. The fourth-order valence-electron chi connectivity index (χ4n) is 5.53. The van der Waals surface area contributed by atoms with Gasteiger partial charge in [0.1, 0.15) is 0 Å². The Morgan fingerprint density at radius 1 is 1.15 bits per heavy atom. The largest absolute Gasteiger partial charge is 0.481 e. The van der Waals surface area contributed by atoms with Crippen LogP contribution in [-0.2, 0) is 15.7 Å². The number of amides is 1. The van der Waals surface area contributed by atoms with Crippen molar-refractivity contribution < 1.29 is 37.4 Å². The molecular formula is C27H30Cl2F3N3O5. The number of nitrogens with zero attached hydrogens (tertiary/aromatic N) is 3. The highest BCUT2D eigenvalue weighted by Gasteiger charge is 2.46. The molecule has 4 rings (SSSR count). The molecule has 8 nitrogen and oxygen atoms in total.